The molecule has 116 valence electrons. The Balaban J connectivity index is 1.93. The van der Waals surface area contributed by atoms with E-state index in [1.165, 1.54) is 16.9 Å². The van der Waals surface area contributed by atoms with E-state index in [-0.39, 0.29) is 11.9 Å². The van der Waals surface area contributed by atoms with Crippen LogP contribution in [-0.4, -0.2) is 47.4 Å². The van der Waals surface area contributed by atoms with Crippen molar-refractivity contribution in [2.75, 3.05) is 26.7 Å². The Morgan fingerprint density at radius 3 is 2.59 bits per heavy atom. The van der Waals surface area contributed by atoms with Crippen LogP contribution in [0.4, 0.5) is 0 Å². The summed E-state index contributed by atoms with van der Waals surface area (Å²) in [5.74, 6) is 0.116. The fraction of sp³-hybridized carbons (Fsp3) is 0.412. The highest BCUT2D eigenvalue weighted by molar-refractivity contribution is 7.13. The number of likely N-dealkylation sites (N-methyl/N-ethyl adjacent to an activating group) is 1. The van der Waals surface area contributed by atoms with Crippen molar-refractivity contribution < 1.29 is 4.79 Å². The third-order valence-electron chi connectivity index (χ3n) is 4.13. The van der Waals surface area contributed by atoms with E-state index in [0.717, 1.165) is 35.2 Å². The monoisotopic (exact) mass is 315 g/mol. The molecular weight excluding hydrogens is 294 g/mol. The van der Waals surface area contributed by atoms with Gasteiger partial charge in [0.15, 0.2) is 0 Å². The van der Waals surface area contributed by atoms with Crippen LogP contribution in [0.5, 0.6) is 0 Å². The highest BCUT2D eigenvalue weighted by Gasteiger charge is 2.32. The van der Waals surface area contributed by atoms with Crippen molar-refractivity contribution in [3.63, 3.8) is 0 Å². The summed E-state index contributed by atoms with van der Waals surface area (Å²) in [5.41, 5.74) is 2.04. The van der Waals surface area contributed by atoms with E-state index in [1.54, 1.807) is 0 Å². The van der Waals surface area contributed by atoms with Gasteiger partial charge in [-0.05, 0) is 26.5 Å². The Hall–Kier alpha value is -1.72. The van der Waals surface area contributed by atoms with E-state index in [0.29, 0.717) is 0 Å². The number of aryl methyl sites for hydroxylation is 2. The van der Waals surface area contributed by atoms with E-state index in [4.69, 9.17) is 0 Å². The van der Waals surface area contributed by atoms with Gasteiger partial charge < -0.3 is 9.80 Å². The summed E-state index contributed by atoms with van der Waals surface area (Å²) in [6, 6.07) is 10.4. The predicted molar refractivity (Wildman–Crippen MR) is 89.3 cm³/mol. The van der Waals surface area contributed by atoms with Crippen molar-refractivity contribution in [2.45, 2.75) is 19.9 Å². The summed E-state index contributed by atoms with van der Waals surface area (Å²) < 4.78 is 0. The van der Waals surface area contributed by atoms with E-state index >= 15 is 0 Å². The number of piperazine rings is 1. The molecule has 3 rings (SSSR count). The van der Waals surface area contributed by atoms with Crippen LogP contribution >= 0.6 is 11.3 Å². The van der Waals surface area contributed by atoms with Crippen LogP contribution in [0.2, 0.25) is 0 Å². The highest BCUT2D eigenvalue weighted by atomic mass is 32.1. The fourth-order valence-electron chi connectivity index (χ4n) is 2.98. The lowest BCUT2D eigenvalue weighted by molar-refractivity contribution is 0.0502. The van der Waals surface area contributed by atoms with Gasteiger partial charge in [0, 0.05) is 19.6 Å². The second-order valence-electron chi connectivity index (χ2n) is 5.83. The van der Waals surface area contributed by atoms with Gasteiger partial charge in [-0.25, -0.2) is 4.98 Å². The van der Waals surface area contributed by atoms with Crippen LogP contribution in [-0.2, 0) is 0 Å². The molecule has 1 amide bonds. The summed E-state index contributed by atoms with van der Waals surface area (Å²) in [4.78, 5) is 22.5. The number of rotatable bonds is 2. The van der Waals surface area contributed by atoms with Crippen molar-refractivity contribution in [3.8, 4) is 0 Å². The molecule has 1 fully saturated rings. The largest absolute Gasteiger partial charge is 0.328 e. The average Bonchev–Trinajstić information content (AvgIpc) is 2.86. The number of aromatic nitrogens is 1. The normalized spacial score (nSPS) is 19.4. The standard InChI is InChI=1S/C17H21N3OS/c1-12-16(22-13(2)18-12)17(21)20-10-9-19(3)11-15(20)14-7-5-4-6-8-14/h4-8,15H,9-11H2,1-3H3/t15-/m1/s1. The van der Waals surface area contributed by atoms with Crippen molar-refractivity contribution in [1.29, 1.82) is 0 Å². The van der Waals surface area contributed by atoms with E-state index in [1.807, 2.05) is 36.9 Å². The quantitative estimate of drug-likeness (QED) is 0.855. The number of benzene rings is 1. The molecule has 5 heteroatoms. The first kappa shape index (κ1) is 15.2. The average molecular weight is 315 g/mol. The smallest absolute Gasteiger partial charge is 0.266 e. The number of nitrogens with zero attached hydrogens (tertiary/aromatic N) is 3. The molecule has 0 aliphatic carbocycles. The zero-order chi connectivity index (χ0) is 15.7. The lowest BCUT2D eigenvalue weighted by atomic mass is 10.0. The van der Waals surface area contributed by atoms with Crippen LogP contribution in [0.3, 0.4) is 0 Å². The fourth-order valence-corrected chi connectivity index (χ4v) is 3.86. The molecule has 0 radical (unpaired) electrons. The lowest BCUT2D eigenvalue weighted by Crippen LogP contribution is -2.49. The second kappa shape index (κ2) is 6.18. The molecule has 0 unspecified atom stereocenters. The number of amides is 1. The van der Waals surface area contributed by atoms with Gasteiger partial charge in [0.1, 0.15) is 4.88 Å². The van der Waals surface area contributed by atoms with E-state index in [9.17, 15) is 4.79 Å². The SMILES string of the molecule is Cc1nc(C)c(C(=O)N2CCN(C)C[C@@H]2c2ccccc2)s1. The molecule has 0 spiro atoms. The zero-order valence-corrected chi connectivity index (χ0v) is 14.1. The molecule has 0 saturated carbocycles. The number of hydrogen-bond donors (Lipinski definition) is 0. The lowest BCUT2D eigenvalue weighted by Gasteiger charge is -2.40. The topological polar surface area (TPSA) is 36.4 Å². The Morgan fingerprint density at radius 2 is 1.95 bits per heavy atom. The van der Waals surface area contributed by atoms with Crippen molar-refractivity contribution in [2.24, 2.45) is 0 Å². The number of carbonyl (C=O) groups is 1. The molecule has 1 aromatic carbocycles. The van der Waals surface area contributed by atoms with Crippen LogP contribution in [0.1, 0.15) is 32.0 Å². The van der Waals surface area contributed by atoms with Crippen molar-refractivity contribution >= 4 is 17.2 Å². The second-order valence-corrected chi connectivity index (χ2v) is 7.04. The van der Waals surface area contributed by atoms with Crippen LogP contribution in [0.15, 0.2) is 30.3 Å². The van der Waals surface area contributed by atoms with Gasteiger partial charge in [0.25, 0.3) is 5.91 Å². The third kappa shape index (κ3) is 2.91. The van der Waals surface area contributed by atoms with Gasteiger partial charge in [-0.15, -0.1) is 11.3 Å². The van der Waals surface area contributed by atoms with Crippen LogP contribution in [0.25, 0.3) is 0 Å². The summed E-state index contributed by atoms with van der Waals surface area (Å²) in [7, 11) is 2.11. The Morgan fingerprint density at radius 1 is 1.23 bits per heavy atom. The maximum Gasteiger partial charge on any atom is 0.266 e. The summed E-state index contributed by atoms with van der Waals surface area (Å²) in [5, 5.41) is 0.950. The van der Waals surface area contributed by atoms with Gasteiger partial charge >= 0.3 is 0 Å². The van der Waals surface area contributed by atoms with E-state index < -0.39 is 0 Å². The molecule has 1 saturated heterocycles. The number of hydrogen-bond acceptors (Lipinski definition) is 4. The minimum Gasteiger partial charge on any atom is -0.328 e. The molecule has 0 bridgehead atoms. The zero-order valence-electron chi connectivity index (χ0n) is 13.2. The summed E-state index contributed by atoms with van der Waals surface area (Å²) >= 11 is 1.50. The molecular formula is C17H21N3OS. The summed E-state index contributed by atoms with van der Waals surface area (Å²) in [6.07, 6.45) is 0. The Labute approximate surface area is 135 Å². The first-order valence-electron chi connectivity index (χ1n) is 7.54. The molecule has 0 N–H and O–H groups in total. The Kier molecular flexibility index (Phi) is 4.27. The highest BCUT2D eigenvalue weighted by Crippen LogP contribution is 2.29. The molecule has 1 atom stereocenters. The minimum absolute atomic E-state index is 0.106. The first-order valence-corrected chi connectivity index (χ1v) is 8.36. The van der Waals surface area contributed by atoms with Gasteiger partial charge in [0.2, 0.25) is 0 Å². The molecule has 2 aromatic rings. The summed E-state index contributed by atoms with van der Waals surface area (Å²) in [6.45, 7) is 6.40. The number of carbonyl (C=O) groups excluding carboxylic acids is 1. The maximum absolute atomic E-state index is 13.0. The maximum atomic E-state index is 13.0. The predicted octanol–water partition coefficient (Wildman–Crippen LogP) is 2.89. The molecule has 1 aliphatic rings. The third-order valence-corrected chi connectivity index (χ3v) is 5.19. The van der Waals surface area contributed by atoms with Gasteiger partial charge in [0.05, 0.1) is 16.7 Å². The molecule has 2 heterocycles. The minimum atomic E-state index is 0.106. The van der Waals surface area contributed by atoms with Crippen molar-refractivity contribution in [1.82, 2.24) is 14.8 Å². The number of thiazole rings is 1. The molecule has 4 nitrogen and oxygen atoms in total. The molecule has 22 heavy (non-hydrogen) atoms. The molecule has 1 aliphatic heterocycles. The van der Waals surface area contributed by atoms with Gasteiger partial charge in [-0.3, -0.25) is 4.79 Å². The van der Waals surface area contributed by atoms with Gasteiger partial charge in [-0.1, -0.05) is 30.3 Å². The first-order chi connectivity index (χ1) is 10.6. The van der Waals surface area contributed by atoms with Gasteiger partial charge in [-0.2, -0.15) is 0 Å². The van der Waals surface area contributed by atoms with E-state index in [2.05, 4.69) is 29.1 Å². The Bertz CT molecular complexity index is 668. The van der Waals surface area contributed by atoms with Crippen molar-refractivity contribution in [3.05, 3.63) is 51.5 Å². The van der Waals surface area contributed by atoms with Crippen LogP contribution in [0, 0.1) is 13.8 Å². The van der Waals surface area contributed by atoms with Crippen LogP contribution < -0.4 is 0 Å². The molecule has 1 aromatic heterocycles.